The molecule has 0 saturated carbocycles. The average Bonchev–Trinajstić information content (AvgIpc) is 3.40. The van der Waals surface area contributed by atoms with Crippen molar-refractivity contribution in [3.63, 3.8) is 0 Å². The molecule has 0 fully saturated rings. The number of anilines is 1. The molecule has 0 saturated heterocycles. The third-order valence-electron chi connectivity index (χ3n) is 7.93. The predicted octanol–water partition coefficient (Wildman–Crippen LogP) is 8.19. The lowest BCUT2D eigenvalue weighted by Gasteiger charge is -2.29. The summed E-state index contributed by atoms with van der Waals surface area (Å²) >= 11 is 0. The fourth-order valence-electron chi connectivity index (χ4n) is 5.92. The summed E-state index contributed by atoms with van der Waals surface area (Å²) in [5.74, 6) is -10.9. The Hall–Kier alpha value is -5.01. The molecule has 1 amide bonds. The summed E-state index contributed by atoms with van der Waals surface area (Å²) in [7, 11) is 0. The minimum Gasteiger partial charge on any atom is -0.356 e. The van der Waals surface area contributed by atoms with Crippen LogP contribution in [-0.2, 0) is 29.6 Å². The lowest BCUT2D eigenvalue weighted by molar-refractivity contribution is -0.123. The molecule has 1 atom stereocenters. The van der Waals surface area contributed by atoms with Crippen molar-refractivity contribution in [2.45, 2.75) is 50.1 Å². The molecule has 0 bridgehead atoms. The van der Waals surface area contributed by atoms with E-state index in [-0.39, 0.29) is 22.4 Å². The Kier molecular flexibility index (Phi) is 8.14. The molecule has 14 heteroatoms. The van der Waals surface area contributed by atoms with Crippen molar-refractivity contribution in [2.24, 2.45) is 0 Å². The Bertz CT molecular complexity index is 1900. The summed E-state index contributed by atoms with van der Waals surface area (Å²) in [4.78, 5) is 17.9. The van der Waals surface area contributed by atoms with Crippen LogP contribution in [0.15, 0.2) is 73.1 Å². The SMILES string of the molecule is C=C1C=Cc2ccc(-c3cccnc3[C@H](Cc3cc(F)cc(F)c3)NC(=O)Cn3nc(C(F)F)c4c3C(F)(F)CCC4(F)F)cc2N1. The van der Waals surface area contributed by atoms with Crippen molar-refractivity contribution in [3.05, 3.63) is 118 Å². The van der Waals surface area contributed by atoms with E-state index in [4.69, 9.17) is 0 Å². The Morgan fingerprint density at radius 1 is 0.979 bits per heavy atom. The summed E-state index contributed by atoms with van der Waals surface area (Å²) in [5, 5.41) is 9.05. The van der Waals surface area contributed by atoms with Gasteiger partial charge in [0.1, 0.15) is 29.6 Å². The van der Waals surface area contributed by atoms with Crippen LogP contribution in [-0.4, -0.2) is 20.7 Å². The standard InChI is InChI=1S/C33H25F8N5O/c1-17-4-5-19-6-7-20(14-24(19)43-17)23-3-2-10-42-28(23)25(13-18-11-21(34)15-22(35)12-18)44-26(47)16-46-30-27(29(45-46)31(36)37)32(38,39)8-9-33(30,40)41/h2-7,10-12,14-15,25,31,43H,1,8-9,13,16H2,(H,44,47)/t25-/m0/s1. The molecule has 1 aliphatic carbocycles. The third-order valence-corrected chi connectivity index (χ3v) is 7.93. The smallest absolute Gasteiger partial charge is 0.290 e. The van der Waals surface area contributed by atoms with E-state index in [1.54, 1.807) is 30.3 Å². The van der Waals surface area contributed by atoms with Crippen LogP contribution >= 0.6 is 0 Å². The first-order valence-corrected chi connectivity index (χ1v) is 14.3. The number of pyridine rings is 1. The van der Waals surface area contributed by atoms with Gasteiger partial charge < -0.3 is 10.6 Å². The van der Waals surface area contributed by atoms with Crippen molar-refractivity contribution < 1.29 is 39.9 Å². The van der Waals surface area contributed by atoms with Crippen LogP contribution in [0.5, 0.6) is 0 Å². The Morgan fingerprint density at radius 2 is 1.70 bits per heavy atom. The minimum atomic E-state index is -4.02. The van der Waals surface area contributed by atoms with E-state index in [1.807, 2.05) is 12.1 Å². The van der Waals surface area contributed by atoms with Gasteiger partial charge in [0.25, 0.3) is 18.3 Å². The van der Waals surface area contributed by atoms with Gasteiger partial charge in [0.15, 0.2) is 0 Å². The highest BCUT2D eigenvalue weighted by Gasteiger charge is 2.55. The van der Waals surface area contributed by atoms with Gasteiger partial charge >= 0.3 is 0 Å². The van der Waals surface area contributed by atoms with Crippen molar-refractivity contribution in [3.8, 4) is 11.1 Å². The van der Waals surface area contributed by atoms with Gasteiger partial charge in [-0.25, -0.2) is 26.3 Å². The second-order valence-electron chi connectivity index (χ2n) is 11.3. The largest absolute Gasteiger partial charge is 0.356 e. The lowest BCUT2D eigenvalue weighted by Crippen LogP contribution is -2.37. The maximum atomic E-state index is 14.9. The van der Waals surface area contributed by atoms with Gasteiger partial charge in [-0.2, -0.15) is 13.9 Å². The first-order chi connectivity index (χ1) is 22.2. The number of hydrogen-bond acceptors (Lipinski definition) is 4. The van der Waals surface area contributed by atoms with Crippen LogP contribution in [0.25, 0.3) is 17.2 Å². The Balaban J connectivity index is 1.39. The Labute approximate surface area is 262 Å². The fraction of sp³-hybridized carbons (Fsp3) is 0.242. The van der Waals surface area contributed by atoms with Crippen molar-refractivity contribution in [2.75, 3.05) is 5.32 Å². The van der Waals surface area contributed by atoms with E-state index in [0.29, 0.717) is 28.6 Å². The monoisotopic (exact) mass is 659 g/mol. The number of allylic oxidation sites excluding steroid dienone is 1. The maximum absolute atomic E-state index is 14.9. The van der Waals surface area contributed by atoms with Gasteiger partial charge in [-0.1, -0.05) is 30.9 Å². The first kappa shape index (κ1) is 32.0. The van der Waals surface area contributed by atoms with Gasteiger partial charge in [0.05, 0.1) is 17.3 Å². The highest BCUT2D eigenvalue weighted by atomic mass is 19.3. The van der Waals surface area contributed by atoms with Crippen LogP contribution in [0.1, 0.15) is 59.1 Å². The van der Waals surface area contributed by atoms with E-state index in [0.717, 1.165) is 17.7 Å². The summed E-state index contributed by atoms with van der Waals surface area (Å²) < 4.78 is 115. The number of rotatable bonds is 8. The summed E-state index contributed by atoms with van der Waals surface area (Å²) in [6.07, 6.45) is -1.52. The molecule has 0 unspecified atom stereocenters. The van der Waals surface area contributed by atoms with Crippen molar-refractivity contribution in [1.82, 2.24) is 20.1 Å². The van der Waals surface area contributed by atoms with Crippen LogP contribution in [0.2, 0.25) is 0 Å². The van der Waals surface area contributed by atoms with Gasteiger partial charge in [0, 0.05) is 42.1 Å². The highest BCUT2D eigenvalue weighted by Crippen LogP contribution is 2.52. The number of benzene rings is 2. The highest BCUT2D eigenvalue weighted by molar-refractivity contribution is 5.81. The molecule has 2 aromatic heterocycles. The van der Waals surface area contributed by atoms with E-state index < -0.39 is 78.2 Å². The molecule has 244 valence electrons. The average molecular weight is 660 g/mol. The van der Waals surface area contributed by atoms with Crippen LogP contribution < -0.4 is 10.6 Å². The maximum Gasteiger partial charge on any atom is 0.290 e. The number of halogens is 8. The zero-order valence-corrected chi connectivity index (χ0v) is 24.3. The molecular formula is C33H25F8N5O. The number of amides is 1. The van der Waals surface area contributed by atoms with E-state index in [9.17, 15) is 39.9 Å². The number of carbonyl (C=O) groups is 1. The summed E-state index contributed by atoms with van der Waals surface area (Å²) in [6.45, 7) is 2.76. The summed E-state index contributed by atoms with van der Waals surface area (Å²) in [5.41, 5.74) is -0.948. The second kappa shape index (κ2) is 12.0. The first-order valence-electron chi connectivity index (χ1n) is 14.3. The number of nitrogens with one attached hydrogen (secondary N) is 2. The van der Waals surface area contributed by atoms with Gasteiger partial charge in [-0.3, -0.25) is 14.5 Å². The topological polar surface area (TPSA) is 71.8 Å². The predicted molar refractivity (Wildman–Crippen MR) is 157 cm³/mol. The molecule has 2 aromatic carbocycles. The molecule has 2 aliphatic rings. The number of nitrogens with zero attached hydrogens (tertiary/aromatic N) is 3. The molecule has 3 heterocycles. The van der Waals surface area contributed by atoms with Crippen LogP contribution in [0.4, 0.5) is 40.8 Å². The van der Waals surface area contributed by atoms with Crippen molar-refractivity contribution in [1.29, 1.82) is 0 Å². The van der Waals surface area contributed by atoms with Gasteiger partial charge in [0.2, 0.25) is 5.91 Å². The van der Waals surface area contributed by atoms with Crippen LogP contribution in [0.3, 0.4) is 0 Å². The van der Waals surface area contributed by atoms with E-state index >= 15 is 0 Å². The zero-order chi connectivity index (χ0) is 33.7. The zero-order valence-electron chi connectivity index (χ0n) is 24.3. The number of aromatic nitrogens is 3. The van der Waals surface area contributed by atoms with Crippen molar-refractivity contribution >= 4 is 17.7 Å². The van der Waals surface area contributed by atoms with E-state index in [1.165, 1.54) is 6.20 Å². The van der Waals surface area contributed by atoms with Gasteiger partial charge in [-0.05, 0) is 53.5 Å². The summed E-state index contributed by atoms with van der Waals surface area (Å²) in [6, 6.07) is 10.3. The van der Waals surface area contributed by atoms with E-state index in [2.05, 4.69) is 27.3 Å². The number of carbonyl (C=O) groups excluding carboxylic acids is 1. The third kappa shape index (κ3) is 6.36. The Morgan fingerprint density at radius 3 is 2.43 bits per heavy atom. The normalized spacial score (nSPS) is 16.7. The van der Waals surface area contributed by atoms with Crippen LogP contribution in [0, 0.1) is 11.6 Å². The quantitative estimate of drug-likeness (QED) is 0.187. The molecule has 0 spiro atoms. The molecule has 1 aliphatic heterocycles. The number of hydrogen-bond donors (Lipinski definition) is 2. The molecular weight excluding hydrogens is 634 g/mol. The molecule has 6 nitrogen and oxygen atoms in total. The molecule has 2 N–H and O–H groups in total. The fourth-order valence-corrected chi connectivity index (χ4v) is 5.92. The minimum absolute atomic E-state index is 0.0978. The second-order valence-corrected chi connectivity index (χ2v) is 11.3. The molecule has 6 rings (SSSR count). The molecule has 0 radical (unpaired) electrons. The van der Waals surface area contributed by atoms with Gasteiger partial charge in [-0.15, -0.1) is 0 Å². The number of fused-ring (bicyclic) bond motifs is 2. The molecule has 47 heavy (non-hydrogen) atoms. The molecule has 4 aromatic rings. The lowest BCUT2D eigenvalue weighted by atomic mass is 9.89. The number of alkyl halides is 6.